The molecule has 0 aromatic rings. The van der Waals surface area contributed by atoms with Crippen molar-refractivity contribution in [3.8, 4) is 0 Å². The number of aliphatic hydroxyl groups excluding tert-OH is 1. The van der Waals surface area contributed by atoms with E-state index in [1.807, 2.05) is 0 Å². The van der Waals surface area contributed by atoms with Crippen molar-refractivity contribution in [1.29, 1.82) is 0 Å². The van der Waals surface area contributed by atoms with Crippen molar-refractivity contribution in [3.63, 3.8) is 0 Å². The van der Waals surface area contributed by atoms with E-state index < -0.39 is 0 Å². The zero-order valence-electron chi connectivity index (χ0n) is 11.5. The van der Waals surface area contributed by atoms with Crippen LogP contribution in [0.1, 0.15) is 71.1 Å². The monoisotopic (exact) mass is 246 g/mol. The van der Waals surface area contributed by atoms with Crippen LogP contribution in [0.4, 0.5) is 0 Å². The van der Waals surface area contributed by atoms with Gasteiger partial charge in [0, 0.05) is 6.61 Å². The Balaban J connectivity index is 0.000000354. The molecule has 17 heavy (non-hydrogen) atoms. The first-order valence-corrected chi connectivity index (χ1v) is 7.27. The van der Waals surface area contributed by atoms with E-state index in [9.17, 15) is 0 Å². The predicted molar refractivity (Wildman–Crippen MR) is 70.8 cm³/mol. The van der Waals surface area contributed by atoms with E-state index in [0.29, 0.717) is 6.61 Å². The molecule has 0 aromatic heterocycles. The Kier molecular flexibility index (Phi) is 15.8. The van der Waals surface area contributed by atoms with Gasteiger partial charge in [-0.2, -0.15) is 0 Å². The molecule has 1 aliphatic heterocycles. The fourth-order valence-corrected chi connectivity index (χ4v) is 1.69. The molecule has 0 saturated carbocycles. The maximum Gasteiger partial charge on any atom is 0.0823 e. The van der Waals surface area contributed by atoms with Crippen LogP contribution in [0.3, 0.4) is 0 Å². The summed E-state index contributed by atoms with van der Waals surface area (Å²) in [4.78, 5) is 9.14. The number of rotatable bonds is 8. The molecule has 0 aromatic carbocycles. The Bertz CT molecular complexity index is 105. The van der Waals surface area contributed by atoms with Crippen LogP contribution in [0.25, 0.3) is 0 Å². The van der Waals surface area contributed by atoms with Crippen LogP contribution in [0.15, 0.2) is 0 Å². The van der Waals surface area contributed by atoms with Gasteiger partial charge in [-0.3, -0.25) is 0 Å². The van der Waals surface area contributed by atoms with Crippen molar-refractivity contribution >= 4 is 0 Å². The molecule has 3 nitrogen and oxygen atoms in total. The van der Waals surface area contributed by atoms with Crippen LogP contribution in [0.5, 0.6) is 0 Å². The summed E-state index contributed by atoms with van der Waals surface area (Å²) in [6.45, 7) is 4.17. The average Bonchev–Trinajstić information content (AvgIpc) is 2.41. The fraction of sp³-hybridized carbons (Fsp3) is 1.00. The molecular weight excluding hydrogens is 216 g/mol. The quantitative estimate of drug-likeness (QED) is 0.522. The van der Waals surface area contributed by atoms with Gasteiger partial charge in [0.05, 0.1) is 13.2 Å². The van der Waals surface area contributed by atoms with E-state index in [-0.39, 0.29) is 0 Å². The summed E-state index contributed by atoms with van der Waals surface area (Å²) in [5.74, 6) is 0. The van der Waals surface area contributed by atoms with Gasteiger partial charge < -0.3 is 5.11 Å². The second kappa shape index (κ2) is 15.9. The van der Waals surface area contributed by atoms with Gasteiger partial charge in [0.1, 0.15) is 0 Å². The third kappa shape index (κ3) is 15.9. The van der Waals surface area contributed by atoms with Gasteiger partial charge in [-0.1, -0.05) is 51.9 Å². The summed E-state index contributed by atoms with van der Waals surface area (Å²) in [6.07, 6.45) is 12.7. The first kappa shape index (κ1) is 16.9. The zero-order chi connectivity index (χ0) is 12.6. The lowest BCUT2D eigenvalue weighted by atomic mass is 10.1. The summed E-state index contributed by atoms with van der Waals surface area (Å²) in [5, 5.41) is 8.51. The van der Waals surface area contributed by atoms with Gasteiger partial charge in [0.15, 0.2) is 0 Å². The minimum Gasteiger partial charge on any atom is -0.396 e. The summed E-state index contributed by atoms with van der Waals surface area (Å²) in [7, 11) is 0. The van der Waals surface area contributed by atoms with E-state index in [2.05, 4.69) is 16.7 Å². The Morgan fingerprint density at radius 2 is 1.24 bits per heavy atom. The lowest BCUT2D eigenvalue weighted by Crippen LogP contribution is -2.05. The molecule has 1 N–H and O–H groups in total. The number of aliphatic hydroxyl groups is 1. The second-order valence-electron chi connectivity index (χ2n) is 4.55. The van der Waals surface area contributed by atoms with Crippen molar-refractivity contribution in [3.05, 3.63) is 0 Å². The van der Waals surface area contributed by atoms with Crippen LogP contribution in [-0.2, 0) is 9.78 Å². The van der Waals surface area contributed by atoms with Gasteiger partial charge in [-0.15, -0.1) is 0 Å². The van der Waals surface area contributed by atoms with Gasteiger partial charge in [0.2, 0.25) is 0 Å². The first-order valence-electron chi connectivity index (χ1n) is 7.27. The first-order chi connectivity index (χ1) is 8.41. The van der Waals surface area contributed by atoms with Gasteiger partial charge in [-0.25, -0.2) is 9.78 Å². The summed E-state index contributed by atoms with van der Waals surface area (Å²) in [5.41, 5.74) is 0. The summed E-state index contributed by atoms with van der Waals surface area (Å²) < 4.78 is 0. The van der Waals surface area contributed by atoms with Crippen molar-refractivity contribution < 1.29 is 14.9 Å². The van der Waals surface area contributed by atoms with Crippen LogP contribution >= 0.6 is 0 Å². The lowest BCUT2D eigenvalue weighted by molar-refractivity contribution is -0.312. The third-order valence-corrected chi connectivity index (χ3v) is 2.80. The van der Waals surface area contributed by atoms with Crippen molar-refractivity contribution in [1.82, 2.24) is 0 Å². The molecule has 1 rings (SSSR count). The second-order valence-corrected chi connectivity index (χ2v) is 4.55. The molecule has 0 bridgehead atoms. The Hall–Kier alpha value is -0.120. The third-order valence-electron chi connectivity index (χ3n) is 2.80. The molecular formula is C14H30O3. The smallest absolute Gasteiger partial charge is 0.0823 e. The van der Waals surface area contributed by atoms with Gasteiger partial charge in [0.25, 0.3) is 0 Å². The largest absolute Gasteiger partial charge is 0.396 e. The molecule has 0 aliphatic carbocycles. The number of hydrogen-bond donors (Lipinski definition) is 1. The minimum absolute atomic E-state index is 0.370. The molecule has 1 fully saturated rings. The molecule has 0 unspecified atom stereocenters. The number of unbranched alkanes of at least 4 members (excludes halogenated alkanes) is 7. The highest BCUT2D eigenvalue weighted by molar-refractivity contribution is 4.44. The Labute approximate surface area is 106 Å². The summed E-state index contributed by atoms with van der Waals surface area (Å²) in [6, 6.07) is 0. The van der Waals surface area contributed by atoms with Crippen molar-refractivity contribution in [2.24, 2.45) is 0 Å². The lowest BCUT2D eigenvalue weighted by Gasteiger charge is -2.07. The van der Waals surface area contributed by atoms with Gasteiger partial charge >= 0.3 is 0 Å². The van der Waals surface area contributed by atoms with Crippen molar-refractivity contribution in [2.75, 3.05) is 19.8 Å². The number of hydrogen-bond acceptors (Lipinski definition) is 3. The van der Waals surface area contributed by atoms with Crippen LogP contribution in [0.2, 0.25) is 0 Å². The summed E-state index contributed by atoms with van der Waals surface area (Å²) >= 11 is 0. The molecule has 0 atom stereocenters. The van der Waals surface area contributed by atoms with E-state index in [1.165, 1.54) is 44.9 Å². The highest BCUT2D eigenvalue weighted by Crippen LogP contribution is 2.07. The van der Waals surface area contributed by atoms with Crippen molar-refractivity contribution in [2.45, 2.75) is 71.1 Å². The molecule has 3 heteroatoms. The molecule has 1 aliphatic rings. The van der Waals surface area contributed by atoms with E-state index in [1.54, 1.807) is 0 Å². The highest BCUT2D eigenvalue weighted by Gasteiger charge is 1.95. The normalized spacial score (nSPS) is 15.2. The fourth-order valence-electron chi connectivity index (χ4n) is 1.69. The van der Waals surface area contributed by atoms with Gasteiger partial charge in [-0.05, 0) is 19.3 Å². The molecule has 0 radical (unpaired) electrons. The standard InChI is InChI=1S/C10H22O.C4H8O2/c1-2-3-4-5-6-7-8-9-10-11;1-2-4-6-5-3-1/h11H,2-10H2,1H3;1-4H2. The topological polar surface area (TPSA) is 38.7 Å². The maximum absolute atomic E-state index is 8.51. The Morgan fingerprint density at radius 3 is 1.59 bits per heavy atom. The SMILES string of the molecule is C1CCOOC1.CCCCCCCCCCO. The van der Waals surface area contributed by atoms with E-state index in [4.69, 9.17) is 5.11 Å². The van der Waals surface area contributed by atoms with E-state index in [0.717, 1.165) is 32.5 Å². The van der Waals surface area contributed by atoms with Crippen LogP contribution < -0.4 is 0 Å². The zero-order valence-corrected chi connectivity index (χ0v) is 11.5. The predicted octanol–water partition coefficient (Wildman–Crippen LogP) is 3.85. The van der Waals surface area contributed by atoms with E-state index >= 15 is 0 Å². The maximum atomic E-state index is 8.51. The Morgan fingerprint density at radius 1 is 0.765 bits per heavy atom. The molecule has 0 amide bonds. The molecule has 104 valence electrons. The molecule has 1 heterocycles. The molecule has 0 spiro atoms. The average molecular weight is 246 g/mol. The van der Waals surface area contributed by atoms with Crippen LogP contribution in [-0.4, -0.2) is 24.9 Å². The minimum atomic E-state index is 0.370. The highest BCUT2D eigenvalue weighted by atomic mass is 17.2. The molecule has 1 saturated heterocycles. The van der Waals surface area contributed by atoms with Crippen LogP contribution in [0, 0.1) is 0 Å².